The smallest absolute Gasteiger partial charge is 0.329 e. The van der Waals surface area contributed by atoms with E-state index in [0.717, 1.165) is 12.5 Å². The van der Waals surface area contributed by atoms with Gasteiger partial charge < -0.3 is 10.2 Å². The number of allylic oxidation sites excluding steroid dienone is 1. The van der Waals surface area contributed by atoms with Crippen molar-refractivity contribution in [2.24, 2.45) is 11.3 Å². The molecule has 1 atom stereocenters. The lowest BCUT2D eigenvalue weighted by Crippen LogP contribution is -2.54. The Bertz CT molecular complexity index is 498. The highest BCUT2D eigenvalue weighted by Crippen LogP contribution is 2.51. The Balaban J connectivity index is 3.14. The lowest BCUT2D eigenvalue weighted by atomic mass is 9.56. The highest BCUT2D eigenvalue weighted by atomic mass is 16.4. The van der Waals surface area contributed by atoms with Gasteiger partial charge in [-0.05, 0) is 32.1 Å². The first-order valence-electron chi connectivity index (χ1n) is 6.35. The summed E-state index contributed by atoms with van der Waals surface area (Å²) in [5, 5.41) is 28.7. The third kappa shape index (κ3) is 2.80. The molecule has 0 amide bonds. The van der Waals surface area contributed by atoms with Crippen molar-refractivity contribution in [2.45, 2.75) is 45.6 Å². The molecule has 1 fully saturated rings. The van der Waals surface area contributed by atoms with E-state index < -0.39 is 17.0 Å². The fraction of sp³-hybridized carbons (Fsp3) is 0.600. The summed E-state index contributed by atoms with van der Waals surface area (Å²) >= 11 is 0. The lowest BCUT2D eigenvalue weighted by molar-refractivity contribution is -0.131. The molecule has 4 nitrogen and oxygen atoms in total. The molecule has 0 unspecified atom stereocenters. The quantitative estimate of drug-likeness (QED) is 0.602. The number of aliphatic hydroxyl groups is 1. The molecule has 0 bridgehead atoms. The minimum absolute atomic E-state index is 0.197. The van der Waals surface area contributed by atoms with Gasteiger partial charge in [-0.15, -0.1) is 0 Å². The normalized spacial score (nSPS) is 20.5. The summed E-state index contributed by atoms with van der Waals surface area (Å²) < 4.78 is 0. The molecule has 2 N–H and O–H groups in total. The van der Waals surface area contributed by atoms with E-state index in [0.29, 0.717) is 18.4 Å². The van der Waals surface area contributed by atoms with Gasteiger partial charge in [0.1, 0.15) is 5.60 Å². The van der Waals surface area contributed by atoms with Crippen molar-refractivity contribution in [3.8, 4) is 17.9 Å². The van der Waals surface area contributed by atoms with Crippen molar-refractivity contribution in [3.05, 3.63) is 11.6 Å². The van der Waals surface area contributed by atoms with E-state index in [1.165, 1.54) is 0 Å². The molecule has 1 rings (SSSR count). The van der Waals surface area contributed by atoms with Crippen molar-refractivity contribution in [1.29, 1.82) is 5.26 Å². The molecule has 0 heterocycles. The number of rotatable bonds is 3. The summed E-state index contributed by atoms with van der Waals surface area (Å²) in [5.74, 6) is 4.15. The summed E-state index contributed by atoms with van der Waals surface area (Å²) in [6.45, 7) is 5.21. The van der Waals surface area contributed by atoms with Gasteiger partial charge in [-0.1, -0.05) is 25.7 Å². The molecule has 1 saturated carbocycles. The molecule has 0 radical (unpaired) electrons. The van der Waals surface area contributed by atoms with Gasteiger partial charge in [0.2, 0.25) is 0 Å². The van der Waals surface area contributed by atoms with Gasteiger partial charge in [0.15, 0.2) is 0 Å². The van der Waals surface area contributed by atoms with Gasteiger partial charge in [0, 0.05) is 11.6 Å². The molecule has 0 spiro atoms. The molecule has 102 valence electrons. The first kappa shape index (κ1) is 15.3. The molecule has 0 saturated heterocycles. The SMILES string of the molecule is C/C(C#C[C@@](O)(C(C)C)C1(C#N)CCC1)=C/C(=O)O. The molecular formula is C15H19NO3. The van der Waals surface area contributed by atoms with Crippen molar-refractivity contribution in [2.75, 3.05) is 0 Å². The Labute approximate surface area is 113 Å². The Morgan fingerprint density at radius 1 is 1.47 bits per heavy atom. The fourth-order valence-electron chi connectivity index (χ4n) is 2.34. The maximum Gasteiger partial charge on any atom is 0.329 e. The molecular weight excluding hydrogens is 242 g/mol. The number of hydrogen-bond acceptors (Lipinski definition) is 3. The number of carbonyl (C=O) groups is 1. The molecule has 1 aliphatic rings. The maximum absolute atomic E-state index is 10.8. The minimum Gasteiger partial charge on any atom is -0.478 e. The molecule has 19 heavy (non-hydrogen) atoms. The number of nitriles is 1. The molecule has 1 aliphatic carbocycles. The summed E-state index contributed by atoms with van der Waals surface area (Å²) in [4.78, 5) is 10.5. The van der Waals surface area contributed by atoms with Crippen LogP contribution in [0.1, 0.15) is 40.0 Å². The van der Waals surface area contributed by atoms with Crippen LogP contribution in [0.2, 0.25) is 0 Å². The average Bonchev–Trinajstić information content (AvgIpc) is 2.24. The number of carboxylic acids is 1. The third-order valence-corrected chi connectivity index (χ3v) is 3.78. The Hall–Kier alpha value is -1.78. The molecule has 0 aliphatic heterocycles. The summed E-state index contributed by atoms with van der Waals surface area (Å²) in [6.07, 6.45) is 3.17. The summed E-state index contributed by atoms with van der Waals surface area (Å²) in [7, 11) is 0. The highest BCUT2D eigenvalue weighted by molar-refractivity contribution is 5.81. The third-order valence-electron chi connectivity index (χ3n) is 3.78. The van der Waals surface area contributed by atoms with E-state index in [1.54, 1.807) is 6.92 Å². The van der Waals surface area contributed by atoms with Crippen LogP contribution in [0, 0.1) is 34.5 Å². The first-order chi connectivity index (χ1) is 8.77. The van der Waals surface area contributed by atoms with Gasteiger partial charge in [-0.25, -0.2) is 4.79 Å². The van der Waals surface area contributed by atoms with Crippen LogP contribution in [-0.2, 0) is 4.79 Å². The minimum atomic E-state index is -1.40. The Kier molecular flexibility index (Phi) is 4.39. The summed E-state index contributed by atoms with van der Waals surface area (Å²) in [6, 6.07) is 2.21. The second-order valence-corrected chi connectivity index (χ2v) is 5.38. The van der Waals surface area contributed by atoms with Crippen LogP contribution < -0.4 is 0 Å². The number of carboxylic acid groups (broad SMARTS) is 1. The Morgan fingerprint density at radius 3 is 2.37 bits per heavy atom. The van der Waals surface area contributed by atoms with Crippen LogP contribution in [0.25, 0.3) is 0 Å². The lowest BCUT2D eigenvalue weighted by Gasteiger charge is -2.47. The van der Waals surface area contributed by atoms with Crippen LogP contribution >= 0.6 is 0 Å². The molecule has 0 aromatic heterocycles. The molecule has 0 aromatic rings. The van der Waals surface area contributed by atoms with Crippen LogP contribution in [0.3, 0.4) is 0 Å². The average molecular weight is 261 g/mol. The summed E-state index contributed by atoms with van der Waals surface area (Å²) in [5.41, 5.74) is -1.86. The zero-order valence-electron chi connectivity index (χ0n) is 11.5. The topological polar surface area (TPSA) is 81.3 Å². The largest absolute Gasteiger partial charge is 0.478 e. The maximum atomic E-state index is 10.8. The van der Waals surface area contributed by atoms with Crippen LogP contribution in [0.4, 0.5) is 0 Å². The van der Waals surface area contributed by atoms with Gasteiger partial charge in [0.25, 0.3) is 0 Å². The van der Waals surface area contributed by atoms with Gasteiger partial charge >= 0.3 is 5.97 Å². The molecule has 4 heteroatoms. The number of nitrogens with zero attached hydrogens (tertiary/aromatic N) is 1. The van der Waals surface area contributed by atoms with Crippen molar-refractivity contribution < 1.29 is 15.0 Å². The Morgan fingerprint density at radius 2 is 2.05 bits per heavy atom. The fourth-order valence-corrected chi connectivity index (χ4v) is 2.34. The van der Waals surface area contributed by atoms with Crippen molar-refractivity contribution >= 4 is 5.97 Å². The van der Waals surface area contributed by atoms with Crippen molar-refractivity contribution in [1.82, 2.24) is 0 Å². The van der Waals surface area contributed by atoms with Gasteiger partial charge in [-0.3, -0.25) is 0 Å². The predicted octanol–water partition coefficient (Wildman–Crippen LogP) is 2.10. The van der Waals surface area contributed by atoms with E-state index in [1.807, 2.05) is 13.8 Å². The van der Waals surface area contributed by atoms with Crippen LogP contribution in [0.15, 0.2) is 11.6 Å². The van der Waals surface area contributed by atoms with Gasteiger partial charge in [0.05, 0.1) is 11.5 Å². The number of aliphatic carboxylic acids is 1. The van der Waals surface area contributed by atoms with Crippen molar-refractivity contribution in [3.63, 3.8) is 0 Å². The highest BCUT2D eigenvalue weighted by Gasteiger charge is 2.55. The zero-order chi connectivity index (χ0) is 14.7. The molecule has 0 aromatic carbocycles. The van der Waals surface area contributed by atoms with Gasteiger partial charge in [-0.2, -0.15) is 5.26 Å². The first-order valence-corrected chi connectivity index (χ1v) is 6.35. The number of hydrogen-bond donors (Lipinski definition) is 2. The van der Waals surface area contributed by atoms with E-state index in [2.05, 4.69) is 17.9 Å². The van der Waals surface area contributed by atoms with E-state index in [4.69, 9.17) is 5.11 Å². The zero-order valence-corrected chi connectivity index (χ0v) is 11.5. The van der Waals surface area contributed by atoms with Crippen LogP contribution in [-0.4, -0.2) is 21.8 Å². The van der Waals surface area contributed by atoms with E-state index in [9.17, 15) is 15.2 Å². The second-order valence-electron chi connectivity index (χ2n) is 5.38. The standard InChI is InChI=1S/C15H19NO3/c1-11(2)15(19,14(10-16)6-4-7-14)8-5-12(3)9-13(17)18/h9,11,19H,4,6-7H2,1-3H3,(H,17,18)/b12-9-/t15-/m1/s1. The second kappa shape index (κ2) is 5.47. The van der Waals surface area contributed by atoms with Crippen LogP contribution in [0.5, 0.6) is 0 Å². The van der Waals surface area contributed by atoms with E-state index >= 15 is 0 Å². The van der Waals surface area contributed by atoms with E-state index in [-0.39, 0.29) is 5.92 Å². The monoisotopic (exact) mass is 261 g/mol. The predicted molar refractivity (Wildman–Crippen MR) is 70.9 cm³/mol.